The number of benzene rings is 1. The van der Waals surface area contributed by atoms with E-state index in [2.05, 4.69) is 27.3 Å². The van der Waals surface area contributed by atoms with Gasteiger partial charge in [0.2, 0.25) is 0 Å². The number of fused-ring (bicyclic) bond motifs is 1. The van der Waals surface area contributed by atoms with Crippen molar-refractivity contribution in [2.75, 3.05) is 13.1 Å². The zero-order chi connectivity index (χ0) is 14.0. The second-order valence-electron chi connectivity index (χ2n) is 6.11. The zero-order valence-corrected chi connectivity index (χ0v) is 13.3. The summed E-state index contributed by atoms with van der Waals surface area (Å²) in [6.45, 7) is 1.49. The molecule has 3 rings (SSSR count). The van der Waals surface area contributed by atoms with Gasteiger partial charge in [-0.3, -0.25) is 0 Å². The third kappa shape index (κ3) is 3.35. The maximum absolute atomic E-state index is 10.4. The third-order valence-corrected chi connectivity index (χ3v) is 4.87. The van der Waals surface area contributed by atoms with E-state index in [9.17, 15) is 5.11 Å². The molecule has 1 aromatic rings. The molecule has 1 aromatic carbocycles. The van der Waals surface area contributed by atoms with Crippen molar-refractivity contribution in [2.24, 2.45) is 0 Å². The molecule has 0 spiro atoms. The van der Waals surface area contributed by atoms with Gasteiger partial charge in [-0.15, -0.1) is 0 Å². The van der Waals surface area contributed by atoms with Crippen LogP contribution >= 0.6 is 15.9 Å². The third-order valence-electron chi connectivity index (χ3n) is 4.37. The number of ether oxygens (including phenoxy) is 1. The normalized spacial score (nSPS) is 24.2. The van der Waals surface area contributed by atoms with E-state index in [1.54, 1.807) is 0 Å². The molecule has 1 fully saturated rings. The summed E-state index contributed by atoms with van der Waals surface area (Å²) in [5.41, 5.74) is 0.773. The fraction of sp³-hybridized carbons (Fsp3) is 0.625. The first kappa shape index (κ1) is 14.4. The summed E-state index contributed by atoms with van der Waals surface area (Å²) in [6, 6.07) is 6.16. The van der Waals surface area contributed by atoms with Crippen LogP contribution in [0.25, 0.3) is 0 Å². The minimum atomic E-state index is -0.493. The monoisotopic (exact) mass is 339 g/mol. The van der Waals surface area contributed by atoms with Crippen LogP contribution in [0.3, 0.4) is 0 Å². The predicted molar refractivity (Wildman–Crippen MR) is 83.2 cm³/mol. The topological polar surface area (TPSA) is 41.5 Å². The average molecular weight is 340 g/mol. The highest BCUT2D eigenvalue weighted by atomic mass is 79.9. The summed E-state index contributed by atoms with van der Waals surface area (Å²) in [6.07, 6.45) is 6.55. The molecule has 1 unspecified atom stereocenters. The van der Waals surface area contributed by atoms with E-state index in [0.29, 0.717) is 6.54 Å². The van der Waals surface area contributed by atoms with E-state index in [1.165, 1.54) is 12.0 Å². The van der Waals surface area contributed by atoms with Gasteiger partial charge in [-0.2, -0.15) is 0 Å². The molecule has 1 aliphatic carbocycles. The van der Waals surface area contributed by atoms with E-state index in [-0.39, 0.29) is 6.10 Å². The molecule has 2 N–H and O–H groups in total. The molecule has 4 heteroatoms. The van der Waals surface area contributed by atoms with Crippen molar-refractivity contribution in [3.63, 3.8) is 0 Å². The summed E-state index contributed by atoms with van der Waals surface area (Å²) in [5, 5.41) is 13.8. The van der Waals surface area contributed by atoms with Crippen LogP contribution < -0.4 is 10.1 Å². The molecule has 1 saturated carbocycles. The fourth-order valence-corrected chi connectivity index (χ4v) is 3.66. The zero-order valence-electron chi connectivity index (χ0n) is 11.7. The lowest BCUT2D eigenvalue weighted by Gasteiger charge is -2.32. The number of hydrogen-bond acceptors (Lipinski definition) is 3. The highest BCUT2D eigenvalue weighted by Crippen LogP contribution is 2.31. The lowest BCUT2D eigenvalue weighted by Crippen LogP contribution is -2.44. The molecule has 1 heterocycles. The van der Waals surface area contributed by atoms with Gasteiger partial charge in [0, 0.05) is 24.0 Å². The molecule has 0 saturated heterocycles. The smallest absolute Gasteiger partial charge is 0.123 e. The van der Waals surface area contributed by atoms with Crippen molar-refractivity contribution in [2.45, 2.75) is 50.2 Å². The predicted octanol–water partition coefficient (Wildman–Crippen LogP) is 3.04. The summed E-state index contributed by atoms with van der Waals surface area (Å²) in [7, 11) is 0. The second-order valence-corrected chi connectivity index (χ2v) is 7.03. The van der Waals surface area contributed by atoms with Gasteiger partial charge in [-0.05, 0) is 36.6 Å². The summed E-state index contributed by atoms with van der Waals surface area (Å²) in [5.74, 6) is 0.997. The Hall–Kier alpha value is -0.580. The van der Waals surface area contributed by atoms with Crippen LogP contribution in [0.1, 0.15) is 37.7 Å². The van der Waals surface area contributed by atoms with E-state index in [4.69, 9.17) is 4.74 Å². The Morgan fingerprint density at radius 2 is 2.10 bits per heavy atom. The Bertz CT molecular complexity index is 472. The van der Waals surface area contributed by atoms with Crippen LogP contribution in [0.5, 0.6) is 5.75 Å². The van der Waals surface area contributed by atoms with Gasteiger partial charge >= 0.3 is 0 Å². The van der Waals surface area contributed by atoms with Crippen molar-refractivity contribution in [1.82, 2.24) is 5.32 Å². The molecular weight excluding hydrogens is 318 g/mol. The second kappa shape index (κ2) is 6.04. The molecule has 110 valence electrons. The van der Waals surface area contributed by atoms with Crippen LogP contribution in [0, 0.1) is 0 Å². The molecule has 1 aliphatic heterocycles. The van der Waals surface area contributed by atoms with Crippen molar-refractivity contribution < 1.29 is 9.84 Å². The Morgan fingerprint density at radius 3 is 2.90 bits per heavy atom. The first-order chi connectivity index (χ1) is 9.65. The number of rotatable bonds is 4. The lowest BCUT2D eigenvalue weighted by molar-refractivity contribution is 0.00352. The van der Waals surface area contributed by atoms with Crippen LogP contribution in [0.2, 0.25) is 0 Å². The Morgan fingerprint density at radius 1 is 1.30 bits per heavy atom. The van der Waals surface area contributed by atoms with E-state index in [0.717, 1.165) is 48.9 Å². The van der Waals surface area contributed by atoms with Gasteiger partial charge in [0.05, 0.1) is 5.60 Å². The maximum atomic E-state index is 10.4. The Labute approximate surface area is 128 Å². The molecular formula is C16H22BrNO2. The van der Waals surface area contributed by atoms with Crippen LogP contribution in [-0.4, -0.2) is 29.9 Å². The lowest BCUT2D eigenvalue weighted by atomic mass is 9.85. The van der Waals surface area contributed by atoms with E-state index in [1.807, 2.05) is 12.1 Å². The standard InChI is InChI=1S/C16H22BrNO2/c17-13-4-5-15-12(8-13)9-14(20-15)10-18-11-16(19)6-2-1-3-7-16/h4-5,8,14,18-19H,1-3,6-7,9-11H2. The van der Waals surface area contributed by atoms with Gasteiger partial charge in [0.25, 0.3) is 0 Å². The number of hydrogen-bond donors (Lipinski definition) is 2. The van der Waals surface area contributed by atoms with E-state index >= 15 is 0 Å². The molecule has 2 aliphatic rings. The number of halogens is 1. The van der Waals surface area contributed by atoms with Gasteiger partial charge in [0.15, 0.2) is 0 Å². The molecule has 20 heavy (non-hydrogen) atoms. The molecule has 1 atom stereocenters. The van der Waals surface area contributed by atoms with Crippen LogP contribution in [-0.2, 0) is 6.42 Å². The number of nitrogens with one attached hydrogen (secondary N) is 1. The highest BCUT2D eigenvalue weighted by molar-refractivity contribution is 9.10. The largest absolute Gasteiger partial charge is 0.488 e. The SMILES string of the molecule is OC1(CNCC2Cc3cc(Br)ccc3O2)CCCCC1. The minimum Gasteiger partial charge on any atom is -0.488 e. The summed E-state index contributed by atoms with van der Waals surface area (Å²) < 4.78 is 7.02. The molecule has 3 nitrogen and oxygen atoms in total. The van der Waals surface area contributed by atoms with E-state index < -0.39 is 5.60 Å². The first-order valence-electron chi connectivity index (χ1n) is 7.53. The van der Waals surface area contributed by atoms with Gasteiger partial charge in [-0.25, -0.2) is 0 Å². The van der Waals surface area contributed by atoms with Crippen LogP contribution in [0.4, 0.5) is 0 Å². The molecule has 0 radical (unpaired) electrons. The summed E-state index contributed by atoms with van der Waals surface area (Å²) >= 11 is 3.49. The molecule has 0 aromatic heterocycles. The van der Waals surface area contributed by atoms with Crippen molar-refractivity contribution >= 4 is 15.9 Å². The molecule has 0 bridgehead atoms. The van der Waals surface area contributed by atoms with Crippen molar-refractivity contribution in [3.05, 3.63) is 28.2 Å². The quantitative estimate of drug-likeness (QED) is 0.885. The summed E-state index contributed by atoms with van der Waals surface area (Å²) in [4.78, 5) is 0. The maximum Gasteiger partial charge on any atom is 0.123 e. The Kier molecular flexibility index (Phi) is 4.34. The van der Waals surface area contributed by atoms with Crippen molar-refractivity contribution in [3.8, 4) is 5.75 Å². The minimum absolute atomic E-state index is 0.187. The van der Waals surface area contributed by atoms with Gasteiger partial charge in [-0.1, -0.05) is 35.2 Å². The number of aliphatic hydroxyl groups is 1. The fourth-order valence-electron chi connectivity index (χ4n) is 3.26. The van der Waals surface area contributed by atoms with Crippen molar-refractivity contribution in [1.29, 1.82) is 0 Å². The average Bonchev–Trinajstić information content (AvgIpc) is 2.81. The van der Waals surface area contributed by atoms with Gasteiger partial charge < -0.3 is 15.2 Å². The Balaban J connectivity index is 1.46. The van der Waals surface area contributed by atoms with Gasteiger partial charge in [0.1, 0.15) is 11.9 Å². The molecule has 0 amide bonds. The highest BCUT2D eigenvalue weighted by Gasteiger charge is 2.29. The first-order valence-corrected chi connectivity index (χ1v) is 8.32. The van der Waals surface area contributed by atoms with Crippen LogP contribution in [0.15, 0.2) is 22.7 Å².